The van der Waals surface area contributed by atoms with Crippen LogP contribution in [0.25, 0.3) is 0 Å². The number of carbonyl (C=O) groups excluding carboxylic acids is 2. The molecule has 0 heterocycles. The van der Waals surface area contributed by atoms with Crippen LogP contribution in [0.1, 0.15) is 27.7 Å². The van der Waals surface area contributed by atoms with Crippen LogP contribution in [0.5, 0.6) is 0 Å². The zero-order valence-electron chi connectivity index (χ0n) is 11.7. The van der Waals surface area contributed by atoms with Gasteiger partial charge in [0.25, 0.3) is 0 Å². The van der Waals surface area contributed by atoms with Crippen molar-refractivity contribution in [2.75, 3.05) is 18.9 Å². The van der Waals surface area contributed by atoms with E-state index in [1.807, 2.05) is 0 Å². The van der Waals surface area contributed by atoms with Gasteiger partial charge in [-0.25, -0.2) is 13.6 Å². The van der Waals surface area contributed by atoms with E-state index in [0.717, 1.165) is 0 Å². The minimum atomic E-state index is -3.64. The third kappa shape index (κ3) is 7.12. The summed E-state index contributed by atoms with van der Waals surface area (Å²) >= 11 is 0. The largest absolute Gasteiger partial charge is 0.465 e. The summed E-state index contributed by atoms with van der Waals surface area (Å²) in [6.07, 6.45) is 0. The molecule has 0 saturated carbocycles. The molecule has 0 rings (SSSR count). The highest BCUT2D eigenvalue weighted by atomic mass is 32.2. The minimum absolute atomic E-state index is 0.135. The molecule has 0 aliphatic rings. The Hall–Kier alpha value is -1.15. The molecule has 0 aliphatic heterocycles. The molecule has 3 N–H and O–H groups in total. The molecule has 0 spiro atoms. The topological polar surface area (TPSA) is 116 Å². The van der Waals surface area contributed by atoms with Gasteiger partial charge in [0.1, 0.15) is 5.92 Å². The number of hydrogen-bond acceptors (Lipinski definition) is 5. The van der Waals surface area contributed by atoms with Crippen molar-refractivity contribution < 1.29 is 22.7 Å². The van der Waals surface area contributed by atoms with Crippen LogP contribution in [0.15, 0.2) is 0 Å². The molecule has 0 saturated heterocycles. The van der Waals surface area contributed by atoms with E-state index in [1.165, 1.54) is 0 Å². The Labute approximate surface area is 113 Å². The normalized spacial score (nSPS) is 13.7. The summed E-state index contributed by atoms with van der Waals surface area (Å²) < 4.78 is 26.4. The van der Waals surface area contributed by atoms with Crippen LogP contribution in [-0.2, 0) is 24.3 Å². The van der Waals surface area contributed by atoms with Gasteiger partial charge in [-0.1, -0.05) is 20.8 Å². The van der Waals surface area contributed by atoms with Crippen LogP contribution >= 0.6 is 0 Å². The van der Waals surface area contributed by atoms with Crippen molar-refractivity contribution >= 4 is 21.9 Å². The number of ether oxygens (including phenoxy) is 1. The second-order valence-electron chi connectivity index (χ2n) is 5.21. The van der Waals surface area contributed by atoms with E-state index in [0.29, 0.717) is 0 Å². The lowest BCUT2D eigenvalue weighted by Gasteiger charge is -2.27. The lowest BCUT2D eigenvalue weighted by atomic mass is 9.80. The van der Waals surface area contributed by atoms with Gasteiger partial charge in [-0.3, -0.25) is 9.59 Å². The van der Waals surface area contributed by atoms with E-state index < -0.39 is 33.2 Å². The molecule has 1 unspecified atom stereocenters. The second-order valence-corrected chi connectivity index (χ2v) is 6.94. The number of sulfonamides is 1. The quantitative estimate of drug-likeness (QED) is 0.511. The maximum Gasteiger partial charge on any atom is 0.319 e. The van der Waals surface area contributed by atoms with Gasteiger partial charge in [-0.05, 0) is 12.3 Å². The van der Waals surface area contributed by atoms with Crippen molar-refractivity contribution in [1.29, 1.82) is 0 Å². The van der Waals surface area contributed by atoms with Gasteiger partial charge in [0, 0.05) is 6.54 Å². The van der Waals surface area contributed by atoms with E-state index in [9.17, 15) is 18.0 Å². The minimum Gasteiger partial charge on any atom is -0.465 e. The Morgan fingerprint density at radius 3 is 2.21 bits per heavy atom. The van der Waals surface area contributed by atoms with Gasteiger partial charge in [0.05, 0.1) is 12.4 Å². The number of nitrogens with two attached hydrogens (primary N) is 1. The number of nitrogens with one attached hydrogen (secondary N) is 1. The predicted octanol–water partition coefficient (Wildman–Crippen LogP) is -0.383. The van der Waals surface area contributed by atoms with Crippen molar-refractivity contribution in [1.82, 2.24) is 5.32 Å². The molecule has 0 aromatic carbocycles. The summed E-state index contributed by atoms with van der Waals surface area (Å²) in [5, 5.41) is 7.21. The summed E-state index contributed by atoms with van der Waals surface area (Å²) in [5.41, 5.74) is -0.627. The smallest absolute Gasteiger partial charge is 0.319 e. The fourth-order valence-corrected chi connectivity index (χ4v) is 1.88. The SMILES string of the molecule is CCOC(=O)C(C(=O)NCCS(N)(=O)=O)C(C)(C)C. The summed E-state index contributed by atoms with van der Waals surface area (Å²) in [7, 11) is -3.64. The van der Waals surface area contributed by atoms with Gasteiger partial charge in [-0.15, -0.1) is 0 Å². The number of primary sulfonamides is 1. The first-order valence-electron chi connectivity index (χ1n) is 5.94. The Morgan fingerprint density at radius 2 is 1.84 bits per heavy atom. The zero-order valence-corrected chi connectivity index (χ0v) is 12.5. The van der Waals surface area contributed by atoms with Crippen LogP contribution in [0.2, 0.25) is 0 Å². The van der Waals surface area contributed by atoms with Gasteiger partial charge in [-0.2, -0.15) is 0 Å². The molecule has 1 atom stereocenters. The zero-order chi connectivity index (χ0) is 15.3. The van der Waals surface area contributed by atoms with Gasteiger partial charge >= 0.3 is 5.97 Å². The van der Waals surface area contributed by atoms with Crippen LogP contribution in [0.3, 0.4) is 0 Å². The number of hydrogen-bond donors (Lipinski definition) is 2. The molecule has 0 aromatic heterocycles. The van der Waals surface area contributed by atoms with Crippen LogP contribution in [-0.4, -0.2) is 39.2 Å². The fraction of sp³-hybridized carbons (Fsp3) is 0.818. The monoisotopic (exact) mass is 294 g/mol. The number of rotatable bonds is 6. The van der Waals surface area contributed by atoms with E-state index in [1.54, 1.807) is 27.7 Å². The molecule has 112 valence electrons. The first-order valence-corrected chi connectivity index (χ1v) is 7.65. The van der Waals surface area contributed by atoms with Gasteiger partial charge in [0.15, 0.2) is 0 Å². The maximum absolute atomic E-state index is 11.9. The predicted molar refractivity (Wildman–Crippen MR) is 70.6 cm³/mol. The standard InChI is InChI=1S/C11H22N2O5S/c1-5-18-10(15)8(11(2,3)4)9(14)13-6-7-19(12,16)17/h8H,5-7H2,1-4H3,(H,13,14)(H2,12,16,17). The third-order valence-corrected chi connectivity index (χ3v) is 3.11. The summed E-state index contributed by atoms with van der Waals surface area (Å²) in [4.78, 5) is 23.7. The highest BCUT2D eigenvalue weighted by molar-refractivity contribution is 7.89. The molecule has 19 heavy (non-hydrogen) atoms. The average molecular weight is 294 g/mol. The number of carbonyl (C=O) groups is 2. The first kappa shape index (κ1) is 17.8. The Morgan fingerprint density at radius 1 is 1.32 bits per heavy atom. The molecular formula is C11H22N2O5S. The van der Waals surface area contributed by atoms with Gasteiger partial charge < -0.3 is 10.1 Å². The average Bonchev–Trinajstić information content (AvgIpc) is 2.13. The molecule has 8 heteroatoms. The lowest BCUT2D eigenvalue weighted by molar-refractivity contribution is -0.156. The Bertz CT molecular complexity index is 425. The molecular weight excluding hydrogens is 272 g/mol. The van der Waals surface area contributed by atoms with Crippen LogP contribution in [0, 0.1) is 11.3 Å². The Balaban J connectivity index is 4.71. The molecule has 0 fully saturated rings. The summed E-state index contributed by atoms with van der Waals surface area (Å²) in [6, 6.07) is 0. The van der Waals surface area contributed by atoms with Crippen molar-refractivity contribution in [3.63, 3.8) is 0 Å². The maximum atomic E-state index is 11.9. The van der Waals surface area contributed by atoms with E-state index in [-0.39, 0.29) is 18.9 Å². The summed E-state index contributed by atoms with van der Waals surface area (Å²) in [5.74, 6) is -2.55. The summed E-state index contributed by atoms with van der Waals surface area (Å²) in [6.45, 7) is 6.88. The molecule has 0 aromatic rings. The highest BCUT2D eigenvalue weighted by Gasteiger charge is 2.38. The van der Waals surface area contributed by atoms with Crippen molar-refractivity contribution in [3.8, 4) is 0 Å². The van der Waals surface area contributed by atoms with E-state index >= 15 is 0 Å². The lowest BCUT2D eigenvalue weighted by Crippen LogP contribution is -2.45. The fourth-order valence-electron chi connectivity index (χ4n) is 1.50. The number of amides is 1. The molecule has 1 amide bonds. The molecule has 7 nitrogen and oxygen atoms in total. The molecule has 0 radical (unpaired) electrons. The van der Waals surface area contributed by atoms with Crippen molar-refractivity contribution in [3.05, 3.63) is 0 Å². The highest BCUT2D eigenvalue weighted by Crippen LogP contribution is 2.27. The van der Waals surface area contributed by atoms with Crippen LogP contribution < -0.4 is 10.5 Å². The molecule has 0 aliphatic carbocycles. The third-order valence-electron chi connectivity index (χ3n) is 2.34. The second kappa shape index (κ2) is 6.85. The van der Waals surface area contributed by atoms with Gasteiger partial charge in [0.2, 0.25) is 15.9 Å². The Kier molecular flexibility index (Phi) is 6.44. The van der Waals surface area contributed by atoms with Crippen LogP contribution in [0.4, 0.5) is 0 Å². The van der Waals surface area contributed by atoms with Crippen molar-refractivity contribution in [2.24, 2.45) is 16.5 Å². The van der Waals surface area contributed by atoms with E-state index in [2.05, 4.69) is 5.32 Å². The molecule has 0 bridgehead atoms. The van der Waals surface area contributed by atoms with Crippen molar-refractivity contribution in [2.45, 2.75) is 27.7 Å². The number of esters is 1. The first-order chi connectivity index (χ1) is 8.49. The van der Waals surface area contributed by atoms with E-state index in [4.69, 9.17) is 9.88 Å².